The second kappa shape index (κ2) is 9.64. The van der Waals surface area contributed by atoms with Crippen LogP contribution in [0.5, 0.6) is 0 Å². The van der Waals surface area contributed by atoms with Crippen molar-refractivity contribution in [2.45, 2.75) is 61.4 Å². The largest absolute Gasteiger partial charge is 0.394 e. The van der Waals surface area contributed by atoms with Gasteiger partial charge in [-0.2, -0.15) is 0 Å². The van der Waals surface area contributed by atoms with E-state index < -0.39 is 74.6 Å². The molecule has 0 radical (unpaired) electrons. The Morgan fingerprint density at radius 3 is 2.04 bits per heavy atom. The quantitative estimate of drug-likeness (QED) is 0.207. The number of hydrogen-bond acceptors (Lipinski definition) is 12. The highest BCUT2D eigenvalue weighted by Gasteiger charge is 2.47. The molecule has 0 spiro atoms. The summed E-state index contributed by atoms with van der Waals surface area (Å²) in [6.07, 6.45) is -14.2. The van der Waals surface area contributed by atoms with Crippen LogP contribution in [0.25, 0.3) is 0 Å². The third-order valence-corrected chi connectivity index (χ3v) is 4.36. The summed E-state index contributed by atoms with van der Waals surface area (Å²) in [5, 5.41) is 67.9. The summed E-state index contributed by atoms with van der Waals surface area (Å²) in [6.45, 7) is -0.826. The van der Waals surface area contributed by atoms with Crippen molar-refractivity contribution < 1.29 is 54.7 Å². The van der Waals surface area contributed by atoms with Crippen LogP contribution in [0.15, 0.2) is 0 Å². The lowest BCUT2D eigenvalue weighted by molar-refractivity contribution is -0.330. The Bertz CT molecular complexity index is 430. The van der Waals surface area contributed by atoms with E-state index in [1.165, 1.54) is 0 Å². The van der Waals surface area contributed by atoms with Gasteiger partial charge >= 0.3 is 0 Å². The number of hydrogen-bond donors (Lipinski definition) is 8. The molecule has 10 atom stereocenters. The van der Waals surface area contributed by atoms with Gasteiger partial charge in [0.1, 0.15) is 48.8 Å². The molecule has 0 amide bonds. The van der Waals surface area contributed by atoms with Crippen molar-refractivity contribution in [2.75, 3.05) is 26.4 Å². The van der Waals surface area contributed by atoms with E-state index in [9.17, 15) is 35.7 Å². The minimum atomic E-state index is -1.73. The van der Waals surface area contributed by atoms with E-state index in [2.05, 4.69) is 0 Å². The molecule has 9 N–H and O–H groups in total. The lowest BCUT2D eigenvalue weighted by atomic mass is 9.98. The standard InChI is InChI=1S/C14H27NO11/c15-1-2-23-12-10(20)7(17)5(3-16)26-14(12)24-4-6-8(18)9(19)11(21)13(22)25-6/h5-14,16-22H,1-4,15H2/t5-,6-,7-,8-,9+,10+,11-,12-,13-,14-/m1/s1. The fourth-order valence-electron chi connectivity index (χ4n) is 2.83. The van der Waals surface area contributed by atoms with Crippen LogP contribution in [0.2, 0.25) is 0 Å². The van der Waals surface area contributed by atoms with Gasteiger partial charge in [-0.25, -0.2) is 0 Å². The Kier molecular flexibility index (Phi) is 8.08. The molecule has 12 heteroatoms. The van der Waals surface area contributed by atoms with Crippen LogP contribution in [-0.4, -0.2) is 124 Å². The molecule has 154 valence electrons. The number of ether oxygens (including phenoxy) is 4. The highest BCUT2D eigenvalue weighted by atomic mass is 16.7. The molecule has 2 rings (SSSR count). The maximum atomic E-state index is 10.2. The van der Waals surface area contributed by atoms with Crippen molar-refractivity contribution in [3.63, 3.8) is 0 Å². The van der Waals surface area contributed by atoms with Crippen molar-refractivity contribution >= 4 is 0 Å². The lowest BCUT2D eigenvalue weighted by Crippen LogP contribution is -2.62. The zero-order valence-electron chi connectivity index (χ0n) is 13.9. The molecule has 26 heavy (non-hydrogen) atoms. The van der Waals surface area contributed by atoms with E-state index in [-0.39, 0.29) is 13.2 Å². The topological polar surface area (TPSA) is 205 Å². The molecule has 2 heterocycles. The summed E-state index contributed by atoms with van der Waals surface area (Å²) in [5.41, 5.74) is 5.35. The van der Waals surface area contributed by atoms with Crippen molar-refractivity contribution in [2.24, 2.45) is 5.73 Å². The average Bonchev–Trinajstić information content (AvgIpc) is 2.63. The smallest absolute Gasteiger partial charge is 0.187 e. The van der Waals surface area contributed by atoms with Crippen LogP contribution in [0.3, 0.4) is 0 Å². The van der Waals surface area contributed by atoms with Gasteiger partial charge in [-0.05, 0) is 0 Å². The van der Waals surface area contributed by atoms with Crippen molar-refractivity contribution in [1.82, 2.24) is 0 Å². The molecule has 2 aliphatic rings. The van der Waals surface area contributed by atoms with Gasteiger partial charge in [0.05, 0.1) is 19.8 Å². The normalized spacial score (nSPS) is 47.1. The number of aliphatic hydroxyl groups excluding tert-OH is 7. The van der Waals surface area contributed by atoms with Gasteiger partial charge in [0.2, 0.25) is 0 Å². The summed E-state index contributed by atoms with van der Waals surface area (Å²) >= 11 is 0. The third kappa shape index (κ3) is 4.67. The van der Waals surface area contributed by atoms with E-state index in [1.807, 2.05) is 0 Å². The van der Waals surface area contributed by atoms with E-state index in [1.54, 1.807) is 0 Å². The van der Waals surface area contributed by atoms with Gasteiger partial charge in [-0.15, -0.1) is 0 Å². The van der Waals surface area contributed by atoms with E-state index in [0.29, 0.717) is 0 Å². The van der Waals surface area contributed by atoms with Crippen LogP contribution in [-0.2, 0) is 18.9 Å². The Morgan fingerprint density at radius 2 is 1.42 bits per heavy atom. The molecule has 0 saturated carbocycles. The third-order valence-electron chi connectivity index (χ3n) is 4.36. The summed E-state index contributed by atoms with van der Waals surface area (Å²) in [4.78, 5) is 0. The molecule has 0 aromatic carbocycles. The minimum Gasteiger partial charge on any atom is -0.394 e. The van der Waals surface area contributed by atoms with Gasteiger partial charge in [-0.3, -0.25) is 0 Å². The monoisotopic (exact) mass is 385 g/mol. The first-order valence-electron chi connectivity index (χ1n) is 8.25. The zero-order chi connectivity index (χ0) is 19.4. The molecule has 2 aliphatic heterocycles. The fourth-order valence-corrected chi connectivity index (χ4v) is 2.83. The van der Waals surface area contributed by atoms with Crippen molar-refractivity contribution in [3.05, 3.63) is 0 Å². The van der Waals surface area contributed by atoms with E-state index >= 15 is 0 Å². The summed E-state index contributed by atoms with van der Waals surface area (Å²) in [6, 6.07) is 0. The molecule has 0 aromatic rings. The predicted octanol–water partition coefficient (Wildman–Crippen LogP) is -5.41. The molecule has 2 fully saturated rings. The second-order valence-electron chi connectivity index (χ2n) is 6.20. The van der Waals surface area contributed by atoms with Gasteiger partial charge in [0.15, 0.2) is 12.6 Å². The van der Waals surface area contributed by atoms with Crippen LogP contribution >= 0.6 is 0 Å². The first kappa shape index (κ1) is 21.8. The van der Waals surface area contributed by atoms with Gasteiger partial charge in [-0.1, -0.05) is 0 Å². The van der Waals surface area contributed by atoms with Crippen LogP contribution < -0.4 is 5.73 Å². The maximum absolute atomic E-state index is 10.2. The average molecular weight is 385 g/mol. The predicted molar refractivity (Wildman–Crippen MR) is 81.4 cm³/mol. The maximum Gasteiger partial charge on any atom is 0.187 e. The number of rotatable bonds is 7. The molecule has 2 saturated heterocycles. The zero-order valence-corrected chi connectivity index (χ0v) is 13.9. The van der Waals surface area contributed by atoms with Crippen molar-refractivity contribution in [3.8, 4) is 0 Å². The Hall–Kier alpha value is -0.480. The minimum absolute atomic E-state index is 0.0353. The number of aliphatic hydroxyl groups is 7. The van der Waals surface area contributed by atoms with E-state index in [4.69, 9.17) is 24.7 Å². The molecular formula is C14H27NO11. The molecule has 0 bridgehead atoms. The Morgan fingerprint density at radius 1 is 0.769 bits per heavy atom. The summed E-state index contributed by atoms with van der Waals surface area (Å²) < 4.78 is 21.1. The highest BCUT2D eigenvalue weighted by Crippen LogP contribution is 2.26. The van der Waals surface area contributed by atoms with Crippen molar-refractivity contribution in [1.29, 1.82) is 0 Å². The second-order valence-corrected chi connectivity index (χ2v) is 6.20. The molecule has 0 aliphatic carbocycles. The first-order chi connectivity index (χ1) is 12.3. The highest BCUT2D eigenvalue weighted by molar-refractivity contribution is 4.92. The van der Waals surface area contributed by atoms with Gasteiger partial charge in [0, 0.05) is 6.54 Å². The van der Waals surface area contributed by atoms with Crippen LogP contribution in [0.1, 0.15) is 0 Å². The van der Waals surface area contributed by atoms with Gasteiger partial charge < -0.3 is 60.4 Å². The van der Waals surface area contributed by atoms with E-state index in [0.717, 1.165) is 0 Å². The lowest BCUT2D eigenvalue weighted by Gasteiger charge is -2.43. The first-order valence-corrected chi connectivity index (χ1v) is 8.25. The summed E-state index contributed by atoms with van der Waals surface area (Å²) in [7, 11) is 0. The fraction of sp³-hybridized carbons (Fsp3) is 1.00. The van der Waals surface area contributed by atoms with Crippen LogP contribution in [0.4, 0.5) is 0 Å². The molecular weight excluding hydrogens is 358 g/mol. The molecule has 0 unspecified atom stereocenters. The van der Waals surface area contributed by atoms with Gasteiger partial charge in [0.25, 0.3) is 0 Å². The Balaban J connectivity index is 2.01. The Labute approximate surface area is 149 Å². The summed E-state index contributed by atoms with van der Waals surface area (Å²) in [5.74, 6) is 0. The molecule has 0 aromatic heterocycles. The van der Waals surface area contributed by atoms with Crippen LogP contribution in [0, 0.1) is 0 Å². The molecule has 12 nitrogen and oxygen atoms in total. The SMILES string of the molecule is NCCO[C@H]1[C@H](OC[C@H]2O[C@@H](O)[C@H](O)[C@@H](O)[C@@H]2O)O[C@H](CO)[C@@H](O)[C@@H]1O. The number of nitrogens with two attached hydrogens (primary N) is 1.